The van der Waals surface area contributed by atoms with Gasteiger partial charge in [-0.25, -0.2) is 8.42 Å². The highest BCUT2D eigenvalue weighted by Gasteiger charge is 2.22. The van der Waals surface area contributed by atoms with Crippen molar-refractivity contribution < 1.29 is 17.9 Å². The van der Waals surface area contributed by atoms with Gasteiger partial charge in [-0.05, 0) is 48.9 Å². The highest BCUT2D eigenvalue weighted by molar-refractivity contribution is 7.95. The maximum absolute atomic E-state index is 13.0. The molecule has 5 nitrogen and oxygen atoms in total. The molecule has 3 aromatic carbocycles. The zero-order valence-electron chi connectivity index (χ0n) is 17.0. The summed E-state index contributed by atoms with van der Waals surface area (Å²) < 4.78 is 37.3. The molecule has 0 saturated heterocycles. The van der Waals surface area contributed by atoms with Gasteiger partial charge in [-0.2, -0.15) is 5.26 Å². The fourth-order valence-electron chi connectivity index (χ4n) is 2.90. The molecule has 0 aliphatic carbocycles. The van der Waals surface area contributed by atoms with Crippen molar-refractivity contribution in [2.24, 2.45) is 0 Å². The molecule has 3 rings (SSSR count). The number of halogens is 1. The van der Waals surface area contributed by atoms with Gasteiger partial charge in [-0.1, -0.05) is 53.6 Å². The predicted molar refractivity (Wildman–Crippen MR) is 121 cm³/mol. The Balaban J connectivity index is 2.01. The van der Waals surface area contributed by atoms with E-state index < -0.39 is 14.7 Å². The van der Waals surface area contributed by atoms with E-state index in [4.69, 9.17) is 21.1 Å². The van der Waals surface area contributed by atoms with E-state index in [9.17, 15) is 13.7 Å². The molecule has 0 fully saturated rings. The second kappa shape index (κ2) is 9.69. The minimum atomic E-state index is -3.99. The monoisotopic (exact) mass is 453 g/mol. The number of rotatable bonds is 7. The van der Waals surface area contributed by atoms with Crippen LogP contribution < -0.4 is 9.47 Å². The minimum Gasteiger partial charge on any atom is -0.493 e. The van der Waals surface area contributed by atoms with Crippen molar-refractivity contribution >= 4 is 27.5 Å². The van der Waals surface area contributed by atoms with Crippen molar-refractivity contribution in [1.29, 1.82) is 5.26 Å². The van der Waals surface area contributed by atoms with Crippen molar-refractivity contribution in [1.82, 2.24) is 0 Å². The Labute approximate surface area is 187 Å². The van der Waals surface area contributed by atoms with Gasteiger partial charge >= 0.3 is 0 Å². The Morgan fingerprint density at radius 2 is 1.81 bits per heavy atom. The number of hydrogen-bond donors (Lipinski definition) is 0. The van der Waals surface area contributed by atoms with E-state index in [0.717, 1.165) is 11.1 Å². The number of benzene rings is 3. The zero-order chi connectivity index (χ0) is 22.4. The van der Waals surface area contributed by atoms with Crippen LogP contribution in [-0.4, -0.2) is 15.5 Å². The van der Waals surface area contributed by atoms with Crippen molar-refractivity contribution in [2.75, 3.05) is 7.11 Å². The summed E-state index contributed by atoms with van der Waals surface area (Å²) in [6, 6.07) is 20.4. The third-order valence-electron chi connectivity index (χ3n) is 4.52. The molecule has 0 heterocycles. The molecule has 0 saturated carbocycles. The lowest BCUT2D eigenvalue weighted by Gasteiger charge is -2.14. The van der Waals surface area contributed by atoms with Crippen molar-refractivity contribution in [2.45, 2.75) is 18.4 Å². The first-order chi connectivity index (χ1) is 14.8. The smallest absolute Gasteiger partial charge is 0.216 e. The average molecular weight is 454 g/mol. The Morgan fingerprint density at radius 1 is 1.10 bits per heavy atom. The van der Waals surface area contributed by atoms with E-state index in [1.54, 1.807) is 42.5 Å². The molecule has 158 valence electrons. The summed E-state index contributed by atoms with van der Waals surface area (Å²) in [5.41, 5.74) is 2.17. The molecule has 0 spiro atoms. The van der Waals surface area contributed by atoms with Gasteiger partial charge in [-0.15, -0.1) is 0 Å². The third kappa shape index (κ3) is 5.26. The lowest BCUT2D eigenvalue weighted by atomic mass is 10.1. The molecule has 0 radical (unpaired) electrons. The zero-order valence-corrected chi connectivity index (χ0v) is 18.6. The van der Waals surface area contributed by atoms with Crippen LogP contribution in [0.25, 0.3) is 6.08 Å². The molecule has 31 heavy (non-hydrogen) atoms. The second-order valence-electron chi connectivity index (χ2n) is 6.73. The highest BCUT2D eigenvalue weighted by Crippen LogP contribution is 2.34. The van der Waals surface area contributed by atoms with Crippen LogP contribution in [0.4, 0.5) is 0 Å². The van der Waals surface area contributed by atoms with Crippen LogP contribution in [0.2, 0.25) is 5.02 Å². The van der Waals surface area contributed by atoms with E-state index in [2.05, 4.69) is 0 Å². The van der Waals surface area contributed by atoms with Gasteiger partial charge in [0.1, 0.15) is 17.6 Å². The molecule has 0 aliphatic rings. The third-order valence-corrected chi connectivity index (χ3v) is 6.44. The van der Waals surface area contributed by atoms with Crippen LogP contribution in [0.5, 0.6) is 11.5 Å². The number of nitriles is 1. The maximum atomic E-state index is 13.0. The van der Waals surface area contributed by atoms with E-state index in [1.807, 2.05) is 25.1 Å². The van der Waals surface area contributed by atoms with Crippen LogP contribution in [0.3, 0.4) is 0 Å². The van der Waals surface area contributed by atoms with Crippen molar-refractivity contribution in [3.8, 4) is 17.6 Å². The molecule has 0 amide bonds. The Hall–Kier alpha value is -3.27. The van der Waals surface area contributed by atoms with Crippen molar-refractivity contribution in [3.63, 3.8) is 0 Å². The van der Waals surface area contributed by atoms with Gasteiger partial charge in [-0.3, -0.25) is 0 Å². The van der Waals surface area contributed by atoms with Gasteiger partial charge in [0.25, 0.3) is 0 Å². The van der Waals surface area contributed by atoms with Crippen LogP contribution in [0.1, 0.15) is 16.7 Å². The summed E-state index contributed by atoms with van der Waals surface area (Å²) in [7, 11) is -2.50. The SMILES string of the molecule is COc1cccc(C=C(C#N)S(=O)(=O)c2ccc(C)cc2)c1OCc1cccc(Cl)c1. The van der Waals surface area contributed by atoms with Gasteiger partial charge in [0.15, 0.2) is 11.5 Å². The Bertz CT molecular complexity index is 1260. The van der Waals surface area contributed by atoms with E-state index in [0.29, 0.717) is 22.1 Å². The van der Waals surface area contributed by atoms with Crippen LogP contribution >= 0.6 is 11.6 Å². The molecule has 0 aromatic heterocycles. The number of sulfone groups is 1. The molecule has 0 aliphatic heterocycles. The average Bonchev–Trinajstić information content (AvgIpc) is 2.76. The largest absolute Gasteiger partial charge is 0.493 e. The molecule has 0 N–H and O–H groups in total. The Morgan fingerprint density at radius 3 is 2.45 bits per heavy atom. The number of para-hydroxylation sites is 1. The molecule has 0 unspecified atom stereocenters. The summed E-state index contributed by atoms with van der Waals surface area (Å²) in [5.74, 6) is 0.748. The molecular formula is C24H20ClNO4S. The van der Waals surface area contributed by atoms with Gasteiger partial charge in [0.05, 0.1) is 12.0 Å². The second-order valence-corrected chi connectivity index (χ2v) is 9.09. The summed E-state index contributed by atoms with van der Waals surface area (Å²) >= 11 is 6.03. The molecule has 0 bridgehead atoms. The van der Waals surface area contributed by atoms with Gasteiger partial charge < -0.3 is 9.47 Å². The first-order valence-corrected chi connectivity index (χ1v) is 11.2. The molecule has 7 heteroatoms. The summed E-state index contributed by atoms with van der Waals surface area (Å²) in [6.45, 7) is 2.05. The predicted octanol–water partition coefficient (Wildman–Crippen LogP) is 5.57. The lowest BCUT2D eigenvalue weighted by Crippen LogP contribution is -2.04. The summed E-state index contributed by atoms with van der Waals surface area (Å²) in [5, 5.41) is 10.2. The van der Waals surface area contributed by atoms with E-state index >= 15 is 0 Å². The minimum absolute atomic E-state index is 0.0511. The summed E-state index contributed by atoms with van der Waals surface area (Å²) in [6.07, 6.45) is 1.30. The molecule has 3 aromatic rings. The lowest BCUT2D eigenvalue weighted by molar-refractivity contribution is 0.284. The first kappa shape index (κ1) is 22.4. The number of nitrogens with zero attached hydrogens (tertiary/aromatic N) is 1. The molecular weight excluding hydrogens is 434 g/mol. The Kier molecular flexibility index (Phi) is 7.01. The van der Waals surface area contributed by atoms with Crippen LogP contribution in [-0.2, 0) is 16.4 Å². The van der Waals surface area contributed by atoms with Crippen LogP contribution in [0, 0.1) is 18.3 Å². The van der Waals surface area contributed by atoms with Crippen LogP contribution in [0.15, 0.2) is 76.5 Å². The van der Waals surface area contributed by atoms with E-state index in [1.165, 1.54) is 25.3 Å². The number of ether oxygens (including phenoxy) is 2. The number of methoxy groups -OCH3 is 1. The van der Waals surface area contributed by atoms with Gasteiger partial charge in [0, 0.05) is 10.6 Å². The summed E-state index contributed by atoms with van der Waals surface area (Å²) in [4.78, 5) is -0.340. The fourth-order valence-corrected chi connectivity index (χ4v) is 4.26. The van der Waals surface area contributed by atoms with Crippen molar-refractivity contribution in [3.05, 3.63) is 93.3 Å². The fraction of sp³-hybridized carbons (Fsp3) is 0.125. The van der Waals surface area contributed by atoms with Gasteiger partial charge in [0.2, 0.25) is 9.84 Å². The standard InChI is InChI=1S/C24H20ClNO4S/c1-17-9-11-21(12-10-17)31(27,28)22(15-26)14-19-6-4-8-23(29-2)24(19)30-16-18-5-3-7-20(25)13-18/h3-14H,16H2,1-2H3. The number of allylic oxidation sites excluding steroid dienone is 1. The molecule has 0 atom stereocenters. The topological polar surface area (TPSA) is 76.4 Å². The highest BCUT2D eigenvalue weighted by atomic mass is 35.5. The number of aryl methyl sites for hydroxylation is 1. The first-order valence-electron chi connectivity index (χ1n) is 9.33. The number of hydrogen-bond acceptors (Lipinski definition) is 5. The quantitative estimate of drug-likeness (QED) is 0.437. The van der Waals surface area contributed by atoms with E-state index in [-0.39, 0.29) is 11.5 Å². The maximum Gasteiger partial charge on any atom is 0.216 e. The normalized spacial score (nSPS) is 11.6.